The zero-order valence-electron chi connectivity index (χ0n) is 5.90. The van der Waals surface area contributed by atoms with Gasteiger partial charge in [0.15, 0.2) is 0 Å². The van der Waals surface area contributed by atoms with Gasteiger partial charge in [0.1, 0.15) is 0 Å². The predicted molar refractivity (Wildman–Crippen MR) is 24.0 cm³/mol. The third-order valence-electron chi connectivity index (χ3n) is 1.14. The fraction of sp³-hybridized carbons (Fsp3) is 1.00. The summed E-state index contributed by atoms with van der Waals surface area (Å²) in [6.45, 7) is 0. The minimum absolute atomic E-state index is 5.21. The molecule has 10 heteroatoms. The van der Waals surface area contributed by atoms with Crippen LogP contribution in [0.15, 0.2) is 0 Å². The van der Waals surface area contributed by atoms with E-state index in [1.165, 1.54) is 0 Å². The molecular formula is C4HF9N. The molecule has 0 aromatic carbocycles. The Hall–Kier alpha value is -0.670. The Bertz CT molecular complexity index is 186. The van der Waals surface area contributed by atoms with Crippen molar-refractivity contribution in [1.82, 2.24) is 5.73 Å². The lowest BCUT2D eigenvalue weighted by Gasteiger charge is -2.30. The van der Waals surface area contributed by atoms with Gasteiger partial charge in [0.2, 0.25) is 0 Å². The van der Waals surface area contributed by atoms with E-state index < -0.39 is 24.1 Å². The summed E-state index contributed by atoms with van der Waals surface area (Å²) in [5, 5.41) is 0. The Morgan fingerprint density at radius 3 is 0.929 bits per heavy atom. The highest BCUT2D eigenvalue weighted by atomic mass is 19.4. The molecule has 0 bridgehead atoms. The molecule has 85 valence electrons. The second kappa shape index (κ2) is 2.91. The van der Waals surface area contributed by atoms with Crippen LogP contribution >= 0.6 is 0 Å². The lowest BCUT2D eigenvalue weighted by molar-refractivity contribution is -0.396. The Kier molecular flexibility index (Phi) is 2.77. The van der Waals surface area contributed by atoms with Crippen LogP contribution in [-0.4, -0.2) is 24.1 Å². The minimum Gasteiger partial charge on any atom is -0.191 e. The predicted octanol–water partition coefficient (Wildman–Crippen LogP) is 2.69. The van der Waals surface area contributed by atoms with Crippen LogP contribution in [-0.2, 0) is 0 Å². The van der Waals surface area contributed by atoms with Crippen molar-refractivity contribution in [3.8, 4) is 0 Å². The molecule has 0 amide bonds. The van der Waals surface area contributed by atoms with E-state index >= 15 is 0 Å². The van der Waals surface area contributed by atoms with Gasteiger partial charge in [-0.2, -0.15) is 45.2 Å². The molecule has 0 fully saturated rings. The summed E-state index contributed by atoms with van der Waals surface area (Å²) < 4.78 is 104. The van der Waals surface area contributed by atoms with E-state index in [1.54, 1.807) is 0 Å². The zero-order chi connectivity index (χ0) is 12.0. The van der Waals surface area contributed by atoms with E-state index in [-0.39, 0.29) is 0 Å². The van der Waals surface area contributed by atoms with Crippen LogP contribution in [0.1, 0.15) is 0 Å². The quantitative estimate of drug-likeness (QED) is 0.518. The number of rotatable bonds is 2. The molecule has 0 atom stereocenters. The van der Waals surface area contributed by atoms with Gasteiger partial charge in [-0.1, -0.05) is 0 Å². The maximum absolute atomic E-state index is 11.8. The van der Waals surface area contributed by atoms with E-state index in [0.29, 0.717) is 0 Å². The van der Waals surface area contributed by atoms with Crippen molar-refractivity contribution in [3.63, 3.8) is 0 Å². The molecule has 14 heavy (non-hydrogen) atoms. The summed E-state index contributed by atoms with van der Waals surface area (Å²) in [5.41, 5.74) is 5.21. The van der Waals surface area contributed by atoms with Crippen LogP contribution in [0.25, 0.3) is 0 Å². The van der Waals surface area contributed by atoms with Crippen LogP contribution in [0.2, 0.25) is 0 Å². The topological polar surface area (TPSA) is 23.8 Å². The van der Waals surface area contributed by atoms with Crippen LogP contribution < -0.4 is 5.73 Å². The maximum Gasteiger partial charge on any atom is 0.460 e. The number of hydrogen-bond acceptors (Lipinski definition) is 0. The van der Waals surface area contributed by atoms with E-state index in [4.69, 9.17) is 5.73 Å². The minimum atomic E-state index is -6.95. The summed E-state index contributed by atoms with van der Waals surface area (Å²) in [7, 11) is 0. The van der Waals surface area contributed by atoms with Gasteiger partial charge >= 0.3 is 24.1 Å². The van der Waals surface area contributed by atoms with Crippen LogP contribution in [0.3, 0.4) is 0 Å². The first-order valence-electron chi connectivity index (χ1n) is 2.70. The van der Waals surface area contributed by atoms with Crippen LogP contribution in [0.4, 0.5) is 39.5 Å². The van der Waals surface area contributed by atoms with Gasteiger partial charge in [-0.15, -0.1) is 0 Å². The monoisotopic (exact) mass is 234 g/mol. The van der Waals surface area contributed by atoms with Crippen molar-refractivity contribution in [1.29, 1.82) is 0 Å². The molecular weight excluding hydrogens is 233 g/mol. The number of halogens is 9. The molecule has 0 aliphatic rings. The Morgan fingerprint density at radius 2 is 0.857 bits per heavy atom. The number of nitrogens with one attached hydrogen (secondary N) is 1. The first-order valence-corrected chi connectivity index (χ1v) is 2.70. The normalized spacial score (nSPS) is 15.9. The molecule has 0 aromatic rings. The molecule has 0 saturated carbocycles. The van der Waals surface area contributed by atoms with Gasteiger partial charge < -0.3 is 0 Å². The smallest absolute Gasteiger partial charge is 0.191 e. The number of alkyl halides is 9. The molecule has 0 unspecified atom stereocenters. The van der Waals surface area contributed by atoms with Crippen molar-refractivity contribution in [2.75, 3.05) is 0 Å². The van der Waals surface area contributed by atoms with E-state index in [1.807, 2.05) is 0 Å². The Balaban J connectivity index is 5.30. The highest BCUT2D eigenvalue weighted by Crippen LogP contribution is 2.51. The van der Waals surface area contributed by atoms with E-state index in [0.717, 1.165) is 0 Å². The van der Waals surface area contributed by atoms with Crippen molar-refractivity contribution < 1.29 is 39.5 Å². The molecule has 0 heterocycles. The van der Waals surface area contributed by atoms with Crippen molar-refractivity contribution in [2.24, 2.45) is 0 Å². The average Bonchev–Trinajstić information content (AvgIpc) is 1.81. The summed E-state index contributed by atoms with van der Waals surface area (Å²) in [4.78, 5) is 0. The third kappa shape index (κ3) is 1.74. The molecule has 0 spiro atoms. The molecule has 1 radical (unpaired) electrons. The van der Waals surface area contributed by atoms with E-state index in [9.17, 15) is 39.5 Å². The average molecular weight is 234 g/mol. The maximum atomic E-state index is 11.8. The van der Waals surface area contributed by atoms with Crippen molar-refractivity contribution in [3.05, 3.63) is 0 Å². The summed E-state index contributed by atoms with van der Waals surface area (Å²) >= 11 is 0. The van der Waals surface area contributed by atoms with Gasteiger partial charge in [-0.3, -0.25) is 0 Å². The lowest BCUT2D eigenvalue weighted by atomic mass is 10.1. The highest BCUT2D eigenvalue weighted by Gasteiger charge is 2.81. The molecule has 0 saturated heterocycles. The van der Waals surface area contributed by atoms with E-state index in [2.05, 4.69) is 0 Å². The van der Waals surface area contributed by atoms with Gasteiger partial charge in [0.05, 0.1) is 0 Å². The SMILES string of the molecule is [NH]C(F)(F)C(F)(F)C(F)(F)C(F)(F)F. The number of hydrogen-bond donors (Lipinski definition) is 0. The van der Waals surface area contributed by atoms with Crippen LogP contribution in [0.5, 0.6) is 0 Å². The summed E-state index contributed by atoms with van der Waals surface area (Å²) in [6.07, 6.45) is -6.85. The first kappa shape index (κ1) is 13.3. The largest absolute Gasteiger partial charge is 0.460 e. The zero-order valence-corrected chi connectivity index (χ0v) is 5.90. The molecule has 0 rings (SSSR count). The standard InChI is InChI=1S/C4HF9N/c5-1(6,3(9,10)11)2(7,8)4(12,13)14/h14H. The second-order valence-corrected chi connectivity index (χ2v) is 2.22. The molecule has 0 aliphatic heterocycles. The van der Waals surface area contributed by atoms with Crippen molar-refractivity contribution in [2.45, 2.75) is 24.1 Å². The van der Waals surface area contributed by atoms with Crippen molar-refractivity contribution >= 4 is 0 Å². The van der Waals surface area contributed by atoms with Crippen LogP contribution in [0, 0.1) is 0 Å². The fourth-order valence-electron chi connectivity index (χ4n) is 0.375. The Morgan fingerprint density at radius 1 is 0.571 bits per heavy atom. The third-order valence-corrected chi connectivity index (χ3v) is 1.14. The second-order valence-electron chi connectivity index (χ2n) is 2.22. The van der Waals surface area contributed by atoms with Gasteiger partial charge in [0.25, 0.3) is 0 Å². The summed E-state index contributed by atoms with van der Waals surface area (Å²) in [6, 6.07) is -6.22. The Labute approximate surface area is 70.7 Å². The highest BCUT2D eigenvalue weighted by molar-refractivity contribution is 4.97. The fourth-order valence-corrected chi connectivity index (χ4v) is 0.375. The molecule has 0 aromatic heterocycles. The molecule has 1 nitrogen and oxygen atoms in total. The van der Waals surface area contributed by atoms with Gasteiger partial charge in [0, 0.05) is 0 Å². The first-order chi connectivity index (χ1) is 5.75. The molecule has 1 N–H and O–H groups in total. The van der Waals surface area contributed by atoms with Gasteiger partial charge in [-0.25, -0.2) is 0 Å². The summed E-state index contributed by atoms with van der Waals surface area (Å²) in [5.74, 6) is -13.8. The lowest BCUT2D eigenvalue weighted by Crippen LogP contribution is -2.61. The molecule has 0 aliphatic carbocycles. The van der Waals surface area contributed by atoms with Gasteiger partial charge in [-0.05, 0) is 0 Å².